The maximum absolute atomic E-state index is 13.1. The molecule has 1 aliphatic rings. The molecule has 0 radical (unpaired) electrons. The van der Waals surface area contributed by atoms with Crippen LogP contribution >= 0.6 is 11.8 Å². The zero-order chi connectivity index (χ0) is 22.6. The number of thioether (sulfide) groups is 1. The fourth-order valence-electron chi connectivity index (χ4n) is 3.51. The van der Waals surface area contributed by atoms with E-state index in [2.05, 4.69) is 25.2 Å². The van der Waals surface area contributed by atoms with Crippen molar-refractivity contribution in [3.63, 3.8) is 0 Å². The molecule has 1 atom stereocenters. The van der Waals surface area contributed by atoms with Crippen molar-refractivity contribution in [1.29, 1.82) is 0 Å². The fourth-order valence-corrected chi connectivity index (χ4v) is 6.01. The van der Waals surface area contributed by atoms with Crippen molar-refractivity contribution in [1.82, 2.24) is 4.31 Å². The summed E-state index contributed by atoms with van der Waals surface area (Å²) < 4.78 is 40.0. The van der Waals surface area contributed by atoms with Crippen LogP contribution in [0.2, 0.25) is 0 Å². The molecule has 168 valence electrons. The zero-order valence-electron chi connectivity index (χ0n) is 18.1. The minimum atomic E-state index is -3.68. The minimum Gasteiger partial charge on any atom is -0.326 e. The van der Waals surface area contributed by atoms with Crippen molar-refractivity contribution in [2.24, 2.45) is 5.92 Å². The van der Waals surface area contributed by atoms with Crippen LogP contribution in [-0.2, 0) is 14.8 Å². The van der Waals surface area contributed by atoms with Crippen LogP contribution in [0.4, 0.5) is 10.1 Å². The third-order valence-electron chi connectivity index (χ3n) is 5.64. The molecule has 31 heavy (non-hydrogen) atoms. The monoisotopic (exact) mass is 464 g/mol. The number of aryl methyl sites for hydroxylation is 1. The summed E-state index contributed by atoms with van der Waals surface area (Å²) in [5.74, 6) is -0.798. The van der Waals surface area contributed by atoms with Crippen molar-refractivity contribution in [2.75, 3.05) is 18.4 Å². The molecule has 3 rings (SSSR count). The van der Waals surface area contributed by atoms with Crippen LogP contribution in [0.15, 0.2) is 52.3 Å². The Balaban J connectivity index is 1.58. The highest BCUT2D eigenvalue weighted by molar-refractivity contribution is 7.99. The maximum Gasteiger partial charge on any atom is 0.243 e. The summed E-state index contributed by atoms with van der Waals surface area (Å²) in [6, 6.07) is 10.9. The Morgan fingerprint density at radius 3 is 2.42 bits per heavy atom. The zero-order valence-corrected chi connectivity index (χ0v) is 19.7. The molecule has 0 aromatic heterocycles. The summed E-state index contributed by atoms with van der Waals surface area (Å²) in [4.78, 5) is 14.0. The Bertz CT molecular complexity index is 1020. The first-order chi connectivity index (χ1) is 14.7. The molecule has 0 aliphatic carbocycles. The number of hydrogen-bond acceptors (Lipinski definition) is 4. The van der Waals surface area contributed by atoms with Gasteiger partial charge in [0.25, 0.3) is 0 Å². The van der Waals surface area contributed by atoms with E-state index in [-0.39, 0.29) is 29.8 Å². The molecule has 8 heteroatoms. The lowest BCUT2D eigenvalue weighted by molar-refractivity contribution is -0.120. The number of sulfonamides is 1. The van der Waals surface area contributed by atoms with Gasteiger partial charge < -0.3 is 5.32 Å². The molecular weight excluding hydrogens is 435 g/mol. The predicted octanol–water partition coefficient (Wildman–Crippen LogP) is 5.06. The number of benzene rings is 2. The molecule has 1 amide bonds. The summed E-state index contributed by atoms with van der Waals surface area (Å²) in [6.45, 7) is 6.87. The highest BCUT2D eigenvalue weighted by Gasteiger charge is 2.32. The summed E-state index contributed by atoms with van der Waals surface area (Å²) in [7, 11) is -3.68. The first-order valence-electron chi connectivity index (χ1n) is 10.5. The topological polar surface area (TPSA) is 66.5 Å². The summed E-state index contributed by atoms with van der Waals surface area (Å²) in [6.07, 6.45) is 2.00. The molecule has 0 spiro atoms. The third-order valence-corrected chi connectivity index (χ3v) is 8.82. The number of nitrogens with one attached hydrogen (secondary N) is 1. The van der Waals surface area contributed by atoms with Gasteiger partial charge in [0.1, 0.15) is 5.82 Å². The van der Waals surface area contributed by atoms with Gasteiger partial charge in [-0.1, -0.05) is 13.8 Å². The third kappa shape index (κ3) is 5.87. The summed E-state index contributed by atoms with van der Waals surface area (Å²) in [5, 5.41) is 3.55. The van der Waals surface area contributed by atoms with Gasteiger partial charge in [-0.3, -0.25) is 4.79 Å². The quantitative estimate of drug-likeness (QED) is 0.582. The van der Waals surface area contributed by atoms with Crippen LogP contribution < -0.4 is 5.32 Å². The summed E-state index contributed by atoms with van der Waals surface area (Å²) in [5.41, 5.74) is 1.80. The number of halogens is 1. The van der Waals surface area contributed by atoms with Gasteiger partial charge in [-0.2, -0.15) is 4.31 Å². The Labute approximate surface area is 188 Å². The SMILES string of the molecule is CCC(C)Sc1ccc(NC(=O)C2CCN(S(=O)(=O)c3ccc(F)cc3)CC2)c(C)c1. The first kappa shape index (κ1) is 23.8. The number of rotatable bonds is 7. The largest absolute Gasteiger partial charge is 0.326 e. The number of amides is 1. The van der Waals surface area contributed by atoms with Crippen LogP contribution in [0.1, 0.15) is 38.7 Å². The number of carbonyl (C=O) groups is 1. The molecule has 0 saturated carbocycles. The predicted molar refractivity (Wildman–Crippen MR) is 123 cm³/mol. The molecule has 1 aliphatic heterocycles. The molecule has 1 saturated heterocycles. The van der Waals surface area contributed by atoms with Gasteiger partial charge in [0.05, 0.1) is 4.90 Å². The van der Waals surface area contributed by atoms with Crippen LogP contribution in [0.3, 0.4) is 0 Å². The van der Waals surface area contributed by atoms with Crippen LogP contribution in [0.25, 0.3) is 0 Å². The molecule has 5 nitrogen and oxygen atoms in total. The van der Waals surface area contributed by atoms with Gasteiger partial charge in [0.15, 0.2) is 0 Å². The second kappa shape index (κ2) is 10.1. The Morgan fingerprint density at radius 2 is 1.84 bits per heavy atom. The second-order valence-electron chi connectivity index (χ2n) is 7.93. The smallest absolute Gasteiger partial charge is 0.243 e. The molecular formula is C23H29FN2O3S2. The van der Waals surface area contributed by atoms with Crippen molar-refractivity contribution >= 4 is 33.4 Å². The normalized spacial score (nSPS) is 16.8. The molecule has 1 unspecified atom stereocenters. The van der Waals surface area contributed by atoms with Gasteiger partial charge in [0.2, 0.25) is 15.9 Å². The second-order valence-corrected chi connectivity index (χ2v) is 11.4. The van der Waals surface area contributed by atoms with Crippen LogP contribution in [-0.4, -0.2) is 37.0 Å². The molecule has 2 aromatic carbocycles. The number of hydrogen-bond donors (Lipinski definition) is 1. The van der Waals surface area contributed by atoms with E-state index in [9.17, 15) is 17.6 Å². The van der Waals surface area contributed by atoms with Crippen LogP contribution in [0, 0.1) is 18.7 Å². The minimum absolute atomic E-state index is 0.0720. The molecule has 1 N–H and O–H groups in total. The van der Waals surface area contributed by atoms with Gasteiger partial charge in [-0.05, 0) is 74.2 Å². The van der Waals surface area contributed by atoms with E-state index in [4.69, 9.17) is 0 Å². The number of anilines is 1. The lowest BCUT2D eigenvalue weighted by Crippen LogP contribution is -2.41. The Morgan fingerprint density at radius 1 is 1.19 bits per heavy atom. The lowest BCUT2D eigenvalue weighted by Gasteiger charge is -2.30. The molecule has 0 bridgehead atoms. The van der Waals surface area contributed by atoms with Gasteiger partial charge >= 0.3 is 0 Å². The average Bonchev–Trinajstić information content (AvgIpc) is 2.76. The van der Waals surface area contributed by atoms with Gasteiger partial charge in [-0.25, -0.2) is 12.8 Å². The number of nitrogens with zero attached hydrogens (tertiary/aromatic N) is 1. The standard InChI is InChI=1S/C23H29FN2O3S2/c1-4-17(3)30-20-7-10-22(16(2)15-20)25-23(27)18-11-13-26(14-12-18)31(28,29)21-8-5-19(24)6-9-21/h5-10,15,17-18H,4,11-14H2,1-3H3,(H,25,27). The molecule has 1 fully saturated rings. The van der Waals surface area contributed by atoms with E-state index in [0.29, 0.717) is 18.1 Å². The van der Waals surface area contributed by atoms with Crippen molar-refractivity contribution in [3.05, 3.63) is 53.8 Å². The van der Waals surface area contributed by atoms with E-state index in [1.165, 1.54) is 21.3 Å². The number of carbonyl (C=O) groups excluding carboxylic acids is 1. The Kier molecular flexibility index (Phi) is 7.78. The maximum atomic E-state index is 13.1. The van der Waals surface area contributed by atoms with Crippen molar-refractivity contribution in [2.45, 2.75) is 55.1 Å². The molecule has 1 heterocycles. The average molecular weight is 465 g/mol. The van der Waals surface area contributed by atoms with Crippen LogP contribution in [0.5, 0.6) is 0 Å². The highest BCUT2D eigenvalue weighted by atomic mass is 32.2. The van der Waals surface area contributed by atoms with E-state index in [0.717, 1.165) is 29.8 Å². The Hall–Kier alpha value is -1.90. The van der Waals surface area contributed by atoms with Crippen molar-refractivity contribution < 1.29 is 17.6 Å². The summed E-state index contributed by atoms with van der Waals surface area (Å²) >= 11 is 1.82. The van der Waals surface area contributed by atoms with E-state index in [1.807, 2.05) is 30.8 Å². The lowest BCUT2D eigenvalue weighted by atomic mass is 9.97. The first-order valence-corrected chi connectivity index (χ1v) is 12.9. The number of piperidine rings is 1. The van der Waals surface area contributed by atoms with E-state index < -0.39 is 15.8 Å². The van der Waals surface area contributed by atoms with E-state index >= 15 is 0 Å². The van der Waals surface area contributed by atoms with Gasteiger partial charge in [0, 0.05) is 34.8 Å². The fraction of sp³-hybridized carbons (Fsp3) is 0.435. The van der Waals surface area contributed by atoms with Crippen molar-refractivity contribution in [3.8, 4) is 0 Å². The van der Waals surface area contributed by atoms with E-state index in [1.54, 1.807) is 0 Å². The van der Waals surface area contributed by atoms with Gasteiger partial charge in [-0.15, -0.1) is 11.8 Å². The molecule has 2 aromatic rings. The highest BCUT2D eigenvalue weighted by Crippen LogP contribution is 2.30.